The number of halogens is 1. The molecule has 30 heavy (non-hydrogen) atoms. The third kappa shape index (κ3) is 8.95. The molecule has 1 atom stereocenters. The summed E-state index contributed by atoms with van der Waals surface area (Å²) in [6, 6.07) is 8.60. The first kappa shape index (κ1) is 26.9. The van der Waals surface area contributed by atoms with Crippen LogP contribution in [0.5, 0.6) is 5.75 Å². The van der Waals surface area contributed by atoms with E-state index in [1.54, 1.807) is 7.11 Å². The Morgan fingerprint density at radius 1 is 1.20 bits per heavy atom. The summed E-state index contributed by atoms with van der Waals surface area (Å²) in [5.41, 5.74) is 1.42. The van der Waals surface area contributed by atoms with E-state index in [0.29, 0.717) is 0 Å². The fourth-order valence-corrected chi connectivity index (χ4v) is 3.82. The summed E-state index contributed by atoms with van der Waals surface area (Å²) in [5.74, 6) is 1.71. The van der Waals surface area contributed by atoms with Crippen molar-refractivity contribution in [1.29, 1.82) is 0 Å². The standard InChI is InChI=1S/C22H39N5O2.HI/c1-22(2,17-26(4)5)16-25-21(23-3)24-15-20(27-11-13-29-14-12-27)18-7-9-19(28-6)10-8-18;/h7-10,20H,11-17H2,1-6H3,(H2,23,24,25);1H. The summed E-state index contributed by atoms with van der Waals surface area (Å²) in [6.07, 6.45) is 0. The molecule has 1 saturated heterocycles. The minimum atomic E-state index is 0. The number of hydrogen-bond acceptors (Lipinski definition) is 5. The van der Waals surface area contributed by atoms with Gasteiger partial charge >= 0.3 is 0 Å². The third-order valence-electron chi connectivity index (χ3n) is 5.15. The number of methoxy groups -OCH3 is 1. The summed E-state index contributed by atoms with van der Waals surface area (Å²) < 4.78 is 10.9. The molecule has 2 N–H and O–H groups in total. The van der Waals surface area contributed by atoms with Gasteiger partial charge in [-0.2, -0.15) is 0 Å². The highest BCUT2D eigenvalue weighted by Gasteiger charge is 2.24. The molecule has 1 aliphatic rings. The molecule has 1 heterocycles. The van der Waals surface area contributed by atoms with Crippen LogP contribution >= 0.6 is 24.0 Å². The Labute approximate surface area is 199 Å². The van der Waals surface area contributed by atoms with Crippen molar-refractivity contribution in [2.45, 2.75) is 19.9 Å². The van der Waals surface area contributed by atoms with Crippen molar-refractivity contribution < 1.29 is 9.47 Å². The van der Waals surface area contributed by atoms with Gasteiger partial charge in [-0.15, -0.1) is 24.0 Å². The van der Waals surface area contributed by atoms with Crippen LogP contribution < -0.4 is 15.4 Å². The average molecular weight is 533 g/mol. The first-order chi connectivity index (χ1) is 13.8. The van der Waals surface area contributed by atoms with Crippen LogP contribution in [0.2, 0.25) is 0 Å². The van der Waals surface area contributed by atoms with Crippen LogP contribution in [0.15, 0.2) is 29.3 Å². The number of nitrogens with zero attached hydrogens (tertiary/aromatic N) is 3. The Balaban J connectivity index is 0.00000450. The Kier molecular flexibility index (Phi) is 12.0. The molecule has 0 radical (unpaired) electrons. The number of benzene rings is 1. The molecule has 0 bridgehead atoms. The van der Waals surface area contributed by atoms with Crippen LogP contribution in [0.3, 0.4) is 0 Å². The topological polar surface area (TPSA) is 61.4 Å². The van der Waals surface area contributed by atoms with Gasteiger partial charge in [-0.3, -0.25) is 9.89 Å². The number of rotatable bonds is 9. The van der Waals surface area contributed by atoms with Gasteiger partial charge in [0.15, 0.2) is 5.96 Å². The van der Waals surface area contributed by atoms with Crippen LogP contribution in [0.4, 0.5) is 0 Å². The number of morpholine rings is 1. The van der Waals surface area contributed by atoms with Crippen LogP contribution in [0.1, 0.15) is 25.5 Å². The van der Waals surface area contributed by atoms with Gasteiger partial charge in [0, 0.05) is 39.8 Å². The Morgan fingerprint density at radius 3 is 2.37 bits per heavy atom. The maximum atomic E-state index is 5.55. The molecule has 2 rings (SSSR count). The predicted molar refractivity (Wildman–Crippen MR) is 135 cm³/mol. The minimum absolute atomic E-state index is 0. The first-order valence-corrected chi connectivity index (χ1v) is 10.4. The summed E-state index contributed by atoms with van der Waals surface area (Å²) in [7, 11) is 7.74. The van der Waals surface area contributed by atoms with Gasteiger partial charge in [0.2, 0.25) is 0 Å². The lowest BCUT2D eigenvalue weighted by atomic mass is 9.93. The van der Waals surface area contributed by atoms with Gasteiger partial charge in [-0.1, -0.05) is 26.0 Å². The molecule has 172 valence electrons. The lowest BCUT2D eigenvalue weighted by Gasteiger charge is -2.35. The smallest absolute Gasteiger partial charge is 0.191 e. The van der Waals surface area contributed by atoms with E-state index in [0.717, 1.165) is 57.6 Å². The van der Waals surface area contributed by atoms with Gasteiger partial charge in [-0.25, -0.2) is 0 Å². The van der Waals surface area contributed by atoms with E-state index in [9.17, 15) is 0 Å². The lowest BCUT2D eigenvalue weighted by molar-refractivity contribution is 0.0170. The molecule has 8 heteroatoms. The summed E-state index contributed by atoms with van der Waals surface area (Å²) in [6.45, 7) is 10.6. The quantitative estimate of drug-likeness (QED) is 0.289. The second-order valence-corrected chi connectivity index (χ2v) is 8.65. The molecule has 0 saturated carbocycles. The Morgan fingerprint density at radius 2 is 1.83 bits per heavy atom. The molecule has 0 amide bonds. The fourth-order valence-electron chi connectivity index (χ4n) is 3.82. The zero-order valence-corrected chi connectivity index (χ0v) is 21.7. The van der Waals surface area contributed by atoms with Gasteiger partial charge in [0.05, 0.1) is 26.4 Å². The molecule has 1 aliphatic heterocycles. The lowest BCUT2D eigenvalue weighted by Crippen LogP contribution is -2.48. The second-order valence-electron chi connectivity index (χ2n) is 8.65. The van der Waals surface area contributed by atoms with Crippen LogP contribution in [-0.2, 0) is 4.74 Å². The highest BCUT2D eigenvalue weighted by Crippen LogP contribution is 2.23. The van der Waals surface area contributed by atoms with Gasteiger partial charge in [0.25, 0.3) is 0 Å². The zero-order valence-electron chi connectivity index (χ0n) is 19.4. The van der Waals surface area contributed by atoms with Crippen molar-refractivity contribution in [1.82, 2.24) is 20.4 Å². The molecule has 1 unspecified atom stereocenters. The summed E-state index contributed by atoms with van der Waals surface area (Å²) in [4.78, 5) is 9.12. The zero-order chi connectivity index (χ0) is 21.3. The second kappa shape index (κ2) is 13.3. The number of ether oxygens (including phenoxy) is 2. The van der Waals surface area contributed by atoms with Gasteiger partial charge in [0.1, 0.15) is 5.75 Å². The number of guanidine groups is 1. The largest absolute Gasteiger partial charge is 0.497 e. The summed E-state index contributed by atoms with van der Waals surface area (Å²) >= 11 is 0. The number of nitrogens with one attached hydrogen (secondary N) is 2. The van der Waals surface area contributed by atoms with Crippen molar-refractivity contribution in [3.05, 3.63) is 29.8 Å². The van der Waals surface area contributed by atoms with Gasteiger partial charge in [-0.05, 0) is 37.2 Å². The Bertz CT molecular complexity index is 631. The Hall–Kier alpha value is -1.10. The third-order valence-corrected chi connectivity index (χ3v) is 5.15. The fraction of sp³-hybridized carbons (Fsp3) is 0.682. The summed E-state index contributed by atoms with van der Waals surface area (Å²) in [5, 5.41) is 7.02. The monoisotopic (exact) mass is 533 g/mol. The van der Waals surface area contributed by atoms with E-state index in [1.165, 1.54) is 5.56 Å². The maximum absolute atomic E-state index is 5.55. The molecular weight excluding hydrogens is 493 g/mol. The van der Waals surface area contributed by atoms with Crippen LogP contribution in [-0.4, -0.2) is 89.9 Å². The van der Waals surface area contributed by atoms with Gasteiger partial charge < -0.3 is 25.0 Å². The van der Waals surface area contributed by atoms with Crippen molar-refractivity contribution in [3.8, 4) is 5.75 Å². The van der Waals surface area contributed by atoms with E-state index in [2.05, 4.69) is 65.5 Å². The van der Waals surface area contributed by atoms with E-state index in [1.807, 2.05) is 19.2 Å². The highest BCUT2D eigenvalue weighted by molar-refractivity contribution is 14.0. The average Bonchev–Trinajstić information content (AvgIpc) is 2.70. The molecule has 1 aromatic carbocycles. The van der Waals surface area contributed by atoms with Crippen molar-refractivity contribution in [2.24, 2.45) is 10.4 Å². The maximum Gasteiger partial charge on any atom is 0.191 e. The predicted octanol–water partition coefficient (Wildman–Crippen LogP) is 2.44. The van der Waals surface area contributed by atoms with E-state index in [4.69, 9.17) is 9.47 Å². The SMILES string of the molecule is CN=C(NCC(c1ccc(OC)cc1)N1CCOCC1)NCC(C)(C)CN(C)C.I. The van der Waals surface area contributed by atoms with Crippen molar-refractivity contribution in [3.63, 3.8) is 0 Å². The molecular formula is C22H40IN5O2. The van der Waals surface area contributed by atoms with Crippen molar-refractivity contribution in [2.75, 3.05) is 74.2 Å². The molecule has 0 spiro atoms. The van der Waals surface area contributed by atoms with Crippen molar-refractivity contribution >= 4 is 29.9 Å². The van der Waals surface area contributed by atoms with E-state index < -0.39 is 0 Å². The highest BCUT2D eigenvalue weighted by atomic mass is 127. The molecule has 1 fully saturated rings. The minimum Gasteiger partial charge on any atom is -0.497 e. The van der Waals surface area contributed by atoms with Crippen LogP contribution in [0, 0.1) is 5.41 Å². The van der Waals surface area contributed by atoms with Crippen LogP contribution in [0.25, 0.3) is 0 Å². The van der Waals surface area contributed by atoms with E-state index >= 15 is 0 Å². The first-order valence-electron chi connectivity index (χ1n) is 10.4. The molecule has 0 aliphatic carbocycles. The number of hydrogen-bond donors (Lipinski definition) is 2. The van der Waals surface area contributed by atoms with E-state index in [-0.39, 0.29) is 35.4 Å². The molecule has 7 nitrogen and oxygen atoms in total. The molecule has 0 aromatic heterocycles. The molecule has 1 aromatic rings. The number of aliphatic imine (C=N–C) groups is 1. The normalized spacial score (nSPS) is 16.7.